The highest BCUT2D eigenvalue weighted by Crippen LogP contribution is 2.50. The number of hydrogen-bond donors (Lipinski definition) is 0. The summed E-state index contributed by atoms with van der Waals surface area (Å²) in [5.74, 6) is 3.35. The molecule has 0 aromatic rings. The van der Waals surface area contributed by atoms with Gasteiger partial charge in [-0.25, -0.2) is 0 Å². The van der Waals surface area contributed by atoms with Gasteiger partial charge in [0.15, 0.2) is 5.78 Å². The molecule has 0 aliphatic heterocycles. The SMILES string of the molecule is O=C1C=C(CC2CC3CCC2C3)CC1. The van der Waals surface area contributed by atoms with E-state index in [4.69, 9.17) is 0 Å². The molecular formula is C13H18O. The molecule has 76 valence electrons. The van der Waals surface area contributed by atoms with Gasteiger partial charge in [0.05, 0.1) is 0 Å². The van der Waals surface area contributed by atoms with E-state index in [-0.39, 0.29) is 0 Å². The van der Waals surface area contributed by atoms with Crippen LogP contribution in [0.15, 0.2) is 11.6 Å². The van der Waals surface area contributed by atoms with Crippen LogP contribution in [0, 0.1) is 17.8 Å². The summed E-state index contributed by atoms with van der Waals surface area (Å²) in [7, 11) is 0. The van der Waals surface area contributed by atoms with Crippen molar-refractivity contribution >= 4 is 5.78 Å². The quantitative estimate of drug-likeness (QED) is 0.654. The monoisotopic (exact) mass is 190 g/mol. The molecule has 2 fully saturated rings. The zero-order valence-electron chi connectivity index (χ0n) is 8.67. The van der Waals surface area contributed by atoms with Crippen LogP contribution in [0.5, 0.6) is 0 Å². The second kappa shape index (κ2) is 3.22. The van der Waals surface area contributed by atoms with Gasteiger partial charge in [0.1, 0.15) is 0 Å². The highest BCUT2D eigenvalue weighted by atomic mass is 16.1. The minimum absolute atomic E-state index is 0.364. The third kappa shape index (κ3) is 1.43. The van der Waals surface area contributed by atoms with Crippen LogP contribution in [0.3, 0.4) is 0 Å². The molecular weight excluding hydrogens is 172 g/mol. The van der Waals surface area contributed by atoms with E-state index in [1.807, 2.05) is 6.08 Å². The lowest BCUT2D eigenvalue weighted by molar-refractivity contribution is -0.114. The number of carbonyl (C=O) groups excluding carboxylic acids is 1. The van der Waals surface area contributed by atoms with Crippen molar-refractivity contribution in [1.29, 1.82) is 0 Å². The molecule has 0 radical (unpaired) electrons. The third-order valence-corrected chi connectivity index (χ3v) is 4.47. The molecule has 3 unspecified atom stereocenters. The van der Waals surface area contributed by atoms with Crippen LogP contribution in [0.2, 0.25) is 0 Å². The molecule has 0 aromatic heterocycles. The number of hydrogen-bond acceptors (Lipinski definition) is 1. The lowest BCUT2D eigenvalue weighted by atomic mass is 9.84. The Kier molecular flexibility index (Phi) is 2.00. The van der Waals surface area contributed by atoms with E-state index in [1.54, 1.807) is 0 Å². The van der Waals surface area contributed by atoms with Gasteiger partial charge >= 0.3 is 0 Å². The summed E-state index contributed by atoms with van der Waals surface area (Å²) in [5, 5.41) is 0. The molecule has 1 nitrogen and oxygen atoms in total. The van der Waals surface area contributed by atoms with Crippen molar-refractivity contribution in [2.24, 2.45) is 17.8 Å². The molecule has 0 amide bonds. The summed E-state index contributed by atoms with van der Waals surface area (Å²) in [5.41, 5.74) is 1.45. The van der Waals surface area contributed by atoms with Crippen LogP contribution in [-0.4, -0.2) is 5.78 Å². The van der Waals surface area contributed by atoms with Gasteiger partial charge in [-0.15, -0.1) is 0 Å². The Morgan fingerprint density at radius 1 is 1.21 bits per heavy atom. The van der Waals surface area contributed by atoms with Gasteiger partial charge in [0, 0.05) is 6.42 Å². The zero-order valence-corrected chi connectivity index (χ0v) is 8.67. The summed E-state index contributed by atoms with van der Waals surface area (Å²) in [6.07, 6.45) is 10.9. The average Bonchev–Trinajstić information content (AvgIpc) is 2.82. The predicted molar refractivity (Wildman–Crippen MR) is 55.9 cm³/mol. The van der Waals surface area contributed by atoms with Gasteiger partial charge in [0.25, 0.3) is 0 Å². The maximum Gasteiger partial charge on any atom is 0.155 e. The Bertz CT molecular complexity index is 290. The number of rotatable bonds is 2. The first-order valence-electron chi connectivity index (χ1n) is 6.03. The van der Waals surface area contributed by atoms with Crippen LogP contribution in [-0.2, 0) is 4.79 Å². The Morgan fingerprint density at radius 2 is 2.14 bits per heavy atom. The van der Waals surface area contributed by atoms with Crippen molar-refractivity contribution in [2.75, 3.05) is 0 Å². The molecule has 2 bridgehead atoms. The largest absolute Gasteiger partial charge is 0.295 e. The van der Waals surface area contributed by atoms with Crippen LogP contribution in [0.4, 0.5) is 0 Å². The van der Waals surface area contributed by atoms with Crippen molar-refractivity contribution < 1.29 is 4.79 Å². The molecule has 14 heavy (non-hydrogen) atoms. The van der Waals surface area contributed by atoms with E-state index in [1.165, 1.54) is 37.7 Å². The van der Waals surface area contributed by atoms with Gasteiger partial charge in [0.2, 0.25) is 0 Å². The predicted octanol–water partition coefficient (Wildman–Crippen LogP) is 3.10. The number of allylic oxidation sites excluding steroid dienone is 2. The van der Waals surface area contributed by atoms with E-state index in [0.717, 1.165) is 30.6 Å². The van der Waals surface area contributed by atoms with E-state index >= 15 is 0 Å². The maximum absolute atomic E-state index is 11.1. The normalized spacial score (nSPS) is 40.7. The fraction of sp³-hybridized carbons (Fsp3) is 0.769. The number of ketones is 1. The maximum atomic E-state index is 11.1. The minimum atomic E-state index is 0.364. The smallest absolute Gasteiger partial charge is 0.155 e. The zero-order chi connectivity index (χ0) is 9.54. The third-order valence-electron chi connectivity index (χ3n) is 4.47. The Balaban J connectivity index is 1.63. The molecule has 3 aliphatic carbocycles. The molecule has 0 heterocycles. The molecule has 3 atom stereocenters. The fourth-order valence-electron chi connectivity index (χ4n) is 3.78. The van der Waals surface area contributed by atoms with Crippen molar-refractivity contribution in [2.45, 2.75) is 44.9 Å². The van der Waals surface area contributed by atoms with E-state index in [0.29, 0.717) is 5.78 Å². The molecule has 3 rings (SSSR count). The molecule has 1 heteroatoms. The summed E-state index contributed by atoms with van der Waals surface area (Å²) in [6, 6.07) is 0. The lowest BCUT2D eigenvalue weighted by Gasteiger charge is -2.21. The van der Waals surface area contributed by atoms with Gasteiger partial charge in [-0.3, -0.25) is 4.79 Å². The second-order valence-corrected chi connectivity index (χ2v) is 5.41. The number of carbonyl (C=O) groups is 1. The van der Waals surface area contributed by atoms with Crippen LogP contribution < -0.4 is 0 Å². The van der Waals surface area contributed by atoms with Crippen LogP contribution in [0.25, 0.3) is 0 Å². The van der Waals surface area contributed by atoms with E-state index in [2.05, 4.69) is 0 Å². The topological polar surface area (TPSA) is 17.1 Å². The number of fused-ring (bicyclic) bond motifs is 2. The molecule has 2 saturated carbocycles. The average molecular weight is 190 g/mol. The van der Waals surface area contributed by atoms with Crippen molar-refractivity contribution in [3.8, 4) is 0 Å². The molecule has 0 saturated heterocycles. The Hall–Kier alpha value is -0.590. The fourth-order valence-corrected chi connectivity index (χ4v) is 3.78. The van der Waals surface area contributed by atoms with Crippen molar-refractivity contribution in [3.63, 3.8) is 0 Å². The summed E-state index contributed by atoms with van der Waals surface area (Å²) < 4.78 is 0. The highest BCUT2D eigenvalue weighted by molar-refractivity contribution is 5.92. The van der Waals surface area contributed by atoms with Gasteiger partial charge in [-0.2, -0.15) is 0 Å². The van der Waals surface area contributed by atoms with Gasteiger partial charge < -0.3 is 0 Å². The first-order valence-corrected chi connectivity index (χ1v) is 6.03. The van der Waals surface area contributed by atoms with Crippen molar-refractivity contribution in [1.82, 2.24) is 0 Å². The van der Waals surface area contributed by atoms with Crippen LogP contribution >= 0.6 is 0 Å². The molecule has 0 spiro atoms. The minimum Gasteiger partial charge on any atom is -0.295 e. The molecule has 0 aromatic carbocycles. The Labute approximate surface area is 85.6 Å². The molecule has 3 aliphatic rings. The first-order chi connectivity index (χ1) is 6.81. The summed E-state index contributed by atoms with van der Waals surface area (Å²) in [6.45, 7) is 0. The lowest BCUT2D eigenvalue weighted by Crippen LogP contribution is -2.10. The Morgan fingerprint density at radius 3 is 2.71 bits per heavy atom. The van der Waals surface area contributed by atoms with Gasteiger partial charge in [-0.05, 0) is 55.9 Å². The summed E-state index contributed by atoms with van der Waals surface area (Å²) >= 11 is 0. The first kappa shape index (κ1) is 8.70. The van der Waals surface area contributed by atoms with E-state index in [9.17, 15) is 4.79 Å². The molecule has 0 N–H and O–H groups in total. The second-order valence-electron chi connectivity index (χ2n) is 5.41. The standard InChI is InChI=1S/C13H18O/c14-13-4-2-10(8-13)7-12-6-9-1-3-11(12)5-9/h8-9,11-12H,1-7H2. The van der Waals surface area contributed by atoms with Crippen LogP contribution in [0.1, 0.15) is 44.9 Å². The van der Waals surface area contributed by atoms with E-state index < -0.39 is 0 Å². The summed E-state index contributed by atoms with van der Waals surface area (Å²) in [4.78, 5) is 11.1. The highest BCUT2D eigenvalue weighted by Gasteiger charge is 2.39. The van der Waals surface area contributed by atoms with Gasteiger partial charge in [-0.1, -0.05) is 12.0 Å². The van der Waals surface area contributed by atoms with Crippen molar-refractivity contribution in [3.05, 3.63) is 11.6 Å².